The zero-order valence-corrected chi connectivity index (χ0v) is 17.2. The van der Waals surface area contributed by atoms with E-state index >= 15 is 0 Å². The van der Waals surface area contributed by atoms with E-state index in [4.69, 9.17) is 0 Å². The fraction of sp³-hybridized carbons (Fsp3) is 0.385. The first-order valence-electron chi connectivity index (χ1n) is 9.86. The summed E-state index contributed by atoms with van der Waals surface area (Å²) >= 11 is 0. The van der Waals surface area contributed by atoms with Gasteiger partial charge in [-0.1, -0.05) is 90.9 Å². The van der Waals surface area contributed by atoms with Crippen LogP contribution in [0.25, 0.3) is 32.3 Å². The van der Waals surface area contributed by atoms with Crippen molar-refractivity contribution < 1.29 is 0 Å². The number of rotatable bonds is 1. The third-order valence-corrected chi connectivity index (χ3v) is 5.85. The topological polar surface area (TPSA) is 0 Å². The molecule has 4 aromatic carbocycles. The van der Waals surface area contributed by atoms with Crippen LogP contribution in [0.3, 0.4) is 0 Å². The molecule has 0 radical (unpaired) electrons. The van der Waals surface area contributed by atoms with Crippen LogP contribution in [-0.2, 0) is 17.3 Å². The van der Waals surface area contributed by atoms with Gasteiger partial charge in [0.1, 0.15) is 0 Å². The lowest BCUT2D eigenvalue weighted by Gasteiger charge is -2.24. The van der Waals surface area contributed by atoms with E-state index in [1.54, 1.807) is 0 Å². The second-order valence-electron chi connectivity index (χ2n) is 9.87. The van der Waals surface area contributed by atoms with E-state index in [-0.39, 0.29) is 10.8 Å². The van der Waals surface area contributed by atoms with Crippen LogP contribution in [-0.4, -0.2) is 0 Å². The van der Waals surface area contributed by atoms with Crippen molar-refractivity contribution in [2.24, 2.45) is 0 Å². The summed E-state index contributed by atoms with van der Waals surface area (Å²) in [5, 5.41) is 8.47. The first-order chi connectivity index (χ1) is 12.1. The van der Waals surface area contributed by atoms with Gasteiger partial charge in [0.15, 0.2) is 0 Å². The minimum Gasteiger partial charge on any atom is -0.0613 e. The summed E-state index contributed by atoms with van der Waals surface area (Å²) in [6.07, 6.45) is 1.07. The summed E-state index contributed by atoms with van der Waals surface area (Å²) < 4.78 is 0. The number of benzene rings is 4. The minimum absolute atomic E-state index is 0.162. The number of aryl methyl sites for hydroxylation is 1. The highest BCUT2D eigenvalue weighted by Gasteiger charge is 2.20. The molecule has 4 rings (SSSR count). The van der Waals surface area contributed by atoms with E-state index in [1.165, 1.54) is 49.0 Å². The molecule has 0 atom stereocenters. The van der Waals surface area contributed by atoms with Gasteiger partial charge in [-0.15, -0.1) is 0 Å². The maximum absolute atomic E-state index is 2.44. The Bertz CT molecular complexity index is 1110. The maximum Gasteiger partial charge on any atom is -0.00238 e. The highest BCUT2D eigenvalue weighted by Crippen LogP contribution is 2.41. The Labute approximate surface area is 157 Å². The third-order valence-electron chi connectivity index (χ3n) is 5.85. The van der Waals surface area contributed by atoms with Crippen molar-refractivity contribution in [1.29, 1.82) is 0 Å². The van der Waals surface area contributed by atoms with E-state index in [1.807, 2.05) is 0 Å². The van der Waals surface area contributed by atoms with E-state index in [0.29, 0.717) is 0 Å². The van der Waals surface area contributed by atoms with Gasteiger partial charge in [-0.25, -0.2) is 0 Å². The molecule has 0 aliphatic carbocycles. The van der Waals surface area contributed by atoms with Crippen LogP contribution in [0.15, 0.2) is 42.5 Å². The normalized spacial score (nSPS) is 13.3. The van der Waals surface area contributed by atoms with Crippen molar-refractivity contribution in [3.05, 3.63) is 59.2 Å². The van der Waals surface area contributed by atoms with Crippen molar-refractivity contribution in [2.45, 2.75) is 65.7 Å². The molecule has 0 bridgehead atoms. The molecule has 134 valence electrons. The van der Waals surface area contributed by atoms with E-state index < -0.39 is 0 Å². The second-order valence-corrected chi connectivity index (χ2v) is 9.87. The molecule has 0 saturated carbocycles. The highest BCUT2D eigenvalue weighted by molar-refractivity contribution is 6.24. The predicted molar refractivity (Wildman–Crippen MR) is 117 cm³/mol. The van der Waals surface area contributed by atoms with Gasteiger partial charge in [-0.05, 0) is 66.3 Å². The van der Waals surface area contributed by atoms with Crippen LogP contribution in [0.4, 0.5) is 0 Å². The van der Waals surface area contributed by atoms with Gasteiger partial charge in [-0.2, -0.15) is 0 Å². The standard InChI is InChI=1S/C26H30/c1-8-16-11-19-14-20(25(2,3)4)12-17-9-10-18-13-21(26(5,6)7)15-22(16)24(18)23(17)19/h9-15H,8H2,1-7H3. The summed E-state index contributed by atoms with van der Waals surface area (Å²) in [5.74, 6) is 0. The molecule has 0 N–H and O–H groups in total. The van der Waals surface area contributed by atoms with Gasteiger partial charge < -0.3 is 0 Å². The van der Waals surface area contributed by atoms with Crippen molar-refractivity contribution in [1.82, 2.24) is 0 Å². The second kappa shape index (κ2) is 5.46. The Morgan fingerprint density at radius 2 is 1.12 bits per heavy atom. The molecule has 0 aromatic heterocycles. The van der Waals surface area contributed by atoms with Gasteiger partial charge >= 0.3 is 0 Å². The number of hydrogen-bond acceptors (Lipinski definition) is 0. The fourth-order valence-electron chi connectivity index (χ4n) is 4.15. The summed E-state index contributed by atoms with van der Waals surface area (Å²) in [5.41, 5.74) is 4.63. The molecule has 26 heavy (non-hydrogen) atoms. The van der Waals surface area contributed by atoms with E-state index in [0.717, 1.165) is 6.42 Å². The SMILES string of the molecule is CCc1cc2cc(C(C)(C)C)cc3ccc4cc(C(C)(C)C)cc1c4c32. The Balaban J connectivity index is 2.20. The van der Waals surface area contributed by atoms with Crippen LogP contribution in [0.1, 0.15) is 65.2 Å². The third kappa shape index (κ3) is 2.58. The van der Waals surface area contributed by atoms with Crippen molar-refractivity contribution >= 4 is 32.3 Å². The Morgan fingerprint density at radius 3 is 1.65 bits per heavy atom. The average Bonchev–Trinajstić information content (AvgIpc) is 2.56. The summed E-state index contributed by atoms with van der Waals surface area (Å²) in [6, 6.07) is 16.7. The smallest absolute Gasteiger partial charge is 0.00238 e. The average molecular weight is 343 g/mol. The van der Waals surface area contributed by atoms with Gasteiger partial charge in [0, 0.05) is 0 Å². The lowest BCUT2D eigenvalue weighted by Crippen LogP contribution is -2.12. The lowest BCUT2D eigenvalue weighted by molar-refractivity contribution is 0.591. The fourth-order valence-corrected chi connectivity index (χ4v) is 4.15. The van der Waals surface area contributed by atoms with Crippen molar-refractivity contribution in [3.63, 3.8) is 0 Å². The highest BCUT2D eigenvalue weighted by atomic mass is 14.2. The van der Waals surface area contributed by atoms with E-state index in [9.17, 15) is 0 Å². The van der Waals surface area contributed by atoms with Gasteiger partial charge in [0.05, 0.1) is 0 Å². The van der Waals surface area contributed by atoms with Crippen LogP contribution in [0.2, 0.25) is 0 Å². The molecule has 4 aromatic rings. The molecule has 0 fully saturated rings. The molecule has 0 saturated heterocycles. The number of hydrogen-bond donors (Lipinski definition) is 0. The lowest BCUT2D eigenvalue weighted by atomic mass is 9.80. The Hall–Kier alpha value is -2.08. The van der Waals surface area contributed by atoms with Crippen LogP contribution in [0.5, 0.6) is 0 Å². The van der Waals surface area contributed by atoms with Gasteiger partial charge in [0.25, 0.3) is 0 Å². The van der Waals surface area contributed by atoms with Crippen LogP contribution < -0.4 is 0 Å². The van der Waals surface area contributed by atoms with Gasteiger partial charge in [0.2, 0.25) is 0 Å². The van der Waals surface area contributed by atoms with Crippen molar-refractivity contribution in [2.75, 3.05) is 0 Å². The van der Waals surface area contributed by atoms with Crippen molar-refractivity contribution in [3.8, 4) is 0 Å². The largest absolute Gasteiger partial charge is 0.0613 e. The molecule has 0 unspecified atom stereocenters. The molecule has 0 heterocycles. The predicted octanol–water partition coefficient (Wildman–Crippen LogP) is 7.74. The molecule has 0 aliphatic heterocycles. The first-order valence-corrected chi connectivity index (χ1v) is 9.86. The molecule has 0 aliphatic rings. The first kappa shape index (κ1) is 17.3. The van der Waals surface area contributed by atoms with Crippen LogP contribution in [0, 0.1) is 0 Å². The monoisotopic (exact) mass is 342 g/mol. The van der Waals surface area contributed by atoms with E-state index in [2.05, 4.69) is 90.9 Å². The molecule has 0 amide bonds. The van der Waals surface area contributed by atoms with Gasteiger partial charge in [-0.3, -0.25) is 0 Å². The molecule has 0 spiro atoms. The molecular formula is C26H30. The summed E-state index contributed by atoms with van der Waals surface area (Å²) in [7, 11) is 0. The Morgan fingerprint density at radius 1 is 0.615 bits per heavy atom. The summed E-state index contributed by atoms with van der Waals surface area (Å²) in [6.45, 7) is 16.1. The zero-order valence-electron chi connectivity index (χ0n) is 17.2. The Kier molecular flexibility index (Phi) is 3.64. The summed E-state index contributed by atoms with van der Waals surface area (Å²) in [4.78, 5) is 0. The quantitative estimate of drug-likeness (QED) is 0.310. The maximum atomic E-state index is 2.44. The minimum atomic E-state index is 0.162. The molecule has 0 nitrogen and oxygen atoms in total. The zero-order chi connectivity index (χ0) is 18.9. The molecular weight excluding hydrogens is 312 g/mol. The molecule has 0 heteroatoms. The van der Waals surface area contributed by atoms with Crippen LogP contribution >= 0.6 is 0 Å².